The summed E-state index contributed by atoms with van der Waals surface area (Å²) in [4.78, 5) is 18.2. The molecule has 0 aliphatic carbocycles. The average Bonchev–Trinajstić information content (AvgIpc) is 3.22. The summed E-state index contributed by atoms with van der Waals surface area (Å²) in [7, 11) is 0. The molecule has 0 spiro atoms. The number of aliphatic hydroxyl groups excluding tert-OH is 10. The molecule has 65 heavy (non-hydrogen) atoms. The van der Waals surface area contributed by atoms with Crippen LogP contribution in [-0.2, 0) is 9.53 Å². The van der Waals surface area contributed by atoms with Crippen molar-refractivity contribution in [3.05, 3.63) is 23.3 Å². The third kappa shape index (κ3) is 27.4. The molecule has 0 saturated carbocycles. The Morgan fingerprint density at radius 1 is 0.738 bits per heavy atom. The minimum atomic E-state index is -1.03. The largest absolute Gasteiger partial charge is 0.461 e. The van der Waals surface area contributed by atoms with Crippen molar-refractivity contribution in [2.45, 2.75) is 250 Å². The second-order valence-electron chi connectivity index (χ2n) is 19.8. The van der Waals surface area contributed by atoms with Crippen molar-refractivity contribution in [1.29, 1.82) is 0 Å². The van der Waals surface area contributed by atoms with Crippen LogP contribution in [0, 0.1) is 23.7 Å². The zero-order valence-corrected chi connectivity index (χ0v) is 41.0. The van der Waals surface area contributed by atoms with E-state index < -0.39 is 84.9 Å². The molecule has 1 rings (SSSR count). The number of carbonyl (C=O) groups is 1. The first kappa shape index (κ1) is 60.8. The fourth-order valence-electron chi connectivity index (χ4n) is 9.06. The van der Waals surface area contributed by atoms with E-state index in [1.54, 1.807) is 13.0 Å². The van der Waals surface area contributed by atoms with Gasteiger partial charge >= 0.3 is 5.97 Å². The van der Waals surface area contributed by atoms with E-state index in [-0.39, 0.29) is 49.9 Å². The number of nitrogens with zero attached hydrogens (tertiary/aromatic N) is 1. The number of cyclic esters (lactones) is 1. The zero-order chi connectivity index (χ0) is 49.1. The maximum absolute atomic E-state index is 14.2. The summed E-state index contributed by atoms with van der Waals surface area (Å²) in [5.74, 6) is -2.43. The normalized spacial score (nSPS) is 34.3. The Morgan fingerprint density at radius 2 is 1.29 bits per heavy atom. The minimum Gasteiger partial charge on any atom is -0.461 e. The molecule has 0 aromatic carbocycles. The van der Waals surface area contributed by atoms with Gasteiger partial charge in [-0.15, -0.1) is 0 Å². The standard InChI is InChI=1S/C50H95N3O12/c1-7-8-19-44-47(63)34(4)23-24-38(55)17-11-16-37(54)18-12-20-45(61)33(3)22-25-40(57)29-42(59)31-43(60)30-41(58)28-39(56)15-10-9-14-32(2)27-35(5)48(65-49(44)64)36(6)46(62)21-13-26-53-50(51)52/h22,27,34-48,54-63H,7-21,23-26,28-31H2,1-6H3,(H4,51,52,53)/t34-,35-,36-,37-,38-,39-,40-,41-,42+,43-,44-,45+,46-,47+,48+/m1/s1. The summed E-state index contributed by atoms with van der Waals surface area (Å²) >= 11 is 0. The van der Waals surface area contributed by atoms with Gasteiger partial charge in [-0.2, -0.15) is 0 Å². The number of unbranched alkanes of at least 4 members (excludes halogenated alkanes) is 1. The van der Waals surface area contributed by atoms with Crippen LogP contribution in [0.5, 0.6) is 0 Å². The van der Waals surface area contributed by atoms with Crippen LogP contribution < -0.4 is 11.5 Å². The monoisotopic (exact) mass is 930 g/mol. The fraction of sp³-hybridized carbons (Fsp3) is 0.880. The molecule has 0 unspecified atom stereocenters. The van der Waals surface area contributed by atoms with Crippen molar-refractivity contribution >= 4 is 11.9 Å². The molecule has 0 aromatic heterocycles. The van der Waals surface area contributed by atoms with E-state index in [0.29, 0.717) is 108 Å². The minimum absolute atomic E-state index is 0.0122. The third-order valence-corrected chi connectivity index (χ3v) is 13.4. The van der Waals surface area contributed by atoms with Crippen molar-refractivity contribution in [1.82, 2.24) is 0 Å². The fourth-order valence-corrected chi connectivity index (χ4v) is 9.06. The molecule has 1 heterocycles. The number of aliphatic hydroxyl groups is 10. The van der Waals surface area contributed by atoms with Gasteiger partial charge in [-0.05, 0) is 147 Å². The second-order valence-corrected chi connectivity index (χ2v) is 19.8. The highest BCUT2D eigenvalue weighted by Crippen LogP contribution is 2.31. The van der Waals surface area contributed by atoms with Crippen molar-refractivity contribution in [2.75, 3.05) is 6.54 Å². The number of carbonyl (C=O) groups excluding carboxylic acids is 1. The number of hydrogen-bond donors (Lipinski definition) is 12. The van der Waals surface area contributed by atoms with Gasteiger partial charge in [-0.3, -0.25) is 9.79 Å². The van der Waals surface area contributed by atoms with Crippen LogP contribution in [0.2, 0.25) is 0 Å². The lowest BCUT2D eigenvalue weighted by Crippen LogP contribution is -2.42. The summed E-state index contributed by atoms with van der Waals surface area (Å²) in [6.07, 6.45) is 4.13. The Balaban J connectivity index is 3.25. The number of allylic oxidation sites excluding steroid dienone is 1. The average molecular weight is 930 g/mol. The number of aliphatic imine (C=N–C) groups is 1. The summed E-state index contributed by atoms with van der Waals surface area (Å²) in [6.45, 7) is 11.8. The maximum atomic E-state index is 14.2. The molecule has 0 fully saturated rings. The SMILES string of the molecule is CCCC[C@H]1C(=O)O[C@H]([C@H](C)[C@H](O)CCCN=C(N)N)[C@H](C)C=C(C)CCCC[C@@H](O)C[C@@H](O)C[C@@H](O)C[C@@H](O)C[C@H](O)CC=C(C)[C@@H](O)CCC[C@H](O)CCC[C@@H](O)CC[C@@H](C)[C@@H]1O. The van der Waals surface area contributed by atoms with Crippen molar-refractivity contribution in [3.63, 3.8) is 0 Å². The van der Waals surface area contributed by atoms with Gasteiger partial charge in [0.05, 0.1) is 67.0 Å². The Hall–Kier alpha value is -2.18. The molecule has 15 atom stereocenters. The van der Waals surface area contributed by atoms with E-state index in [9.17, 15) is 55.9 Å². The van der Waals surface area contributed by atoms with Gasteiger partial charge in [0.15, 0.2) is 5.96 Å². The number of ether oxygens (including phenoxy) is 1. The molecule has 15 heteroatoms. The molecule has 1 aliphatic rings. The number of rotatable bonds is 9. The summed E-state index contributed by atoms with van der Waals surface area (Å²) in [6, 6.07) is 0. The molecule has 15 nitrogen and oxygen atoms in total. The van der Waals surface area contributed by atoms with Crippen molar-refractivity contribution in [3.8, 4) is 0 Å². The summed E-state index contributed by atoms with van der Waals surface area (Å²) in [5, 5.41) is 108. The van der Waals surface area contributed by atoms with Gasteiger partial charge in [0.25, 0.3) is 0 Å². The van der Waals surface area contributed by atoms with Gasteiger partial charge in [0.2, 0.25) is 0 Å². The lowest BCUT2D eigenvalue weighted by Gasteiger charge is -2.34. The summed E-state index contributed by atoms with van der Waals surface area (Å²) in [5.41, 5.74) is 12.7. The number of esters is 1. The first-order chi connectivity index (χ1) is 30.6. The van der Waals surface area contributed by atoms with Crippen LogP contribution in [0.4, 0.5) is 0 Å². The molecule has 0 amide bonds. The third-order valence-electron chi connectivity index (χ3n) is 13.4. The predicted octanol–water partition coefficient (Wildman–Crippen LogP) is 4.81. The van der Waals surface area contributed by atoms with Gasteiger partial charge in [-0.25, -0.2) is 0 Å². The first-order valence-electron chi connectivity index (χ1n) is 25.0. The van der Waals surface area contributed by atoms with Crippen LogP contribution >= 0.6 is 0 Å². The van der Waals surface area contributed by atoms with Crippen LogP contribution in [0.25, 0.3) is 0 Å². The predicted molar refractivity (Wildman–Crippen MR) is 256 cm³/mol. The van der Waals surface area contributed by atoms with E-state index >= 15 is 0 Å². The van der Waals surface area contributed by atoms with E-state index in [2.05, 4.69) is 4.99 Å². The Morgan fingerprint density at radius 3 is 1.89 bits per heavy atom. The Bertz CT molecular complexity index is 1350. The molecular weight excluding hydrogens is 835 g/mol. The highest BCUT2D eigenvalue weighted by molar-refractivity contribution is 5.75. The molecule has 0 aromatic rings. The smallest absolute Gasteiger partial charge is 0.311 e. The van der Waals surface area contributed by atoms with Crippen molar-refractivity contribution < 1.29 is 60.6 Å². The van der Waals surface area contributed by atoms with Crippen LogP contribution in [0.1, 0.15) is 183 Å². The molecule has 1 aliphatic heterocycles. The molecule has 0 radical (unpaired) electrons. The Labute approximate surface area is 391 Å². The number of guanidine groups is 1. The topological polar surface area (TPSA) is 293 Å². The van der Waals surface area contributed by atoms with Gasteiger partial charge in [-0.1, -0.05) is 64.7 Å². The van der Waals surface area contributed by atoms with E-state index in [4.69, 9.17) is 16.2 Å². The van der Waals surface area contributed by atoms with E-state index in [1.165, 1.54) is 0 Å². The maximum Gasteiger partial charge on any atom is 0.311 e. The summed E-state index contributed by atoms with van der Waals surface area (Å²) < 4.78 is 6.33. The van der Waals surface area contributed by atoms with E-state index in [1.807, 2.05) is 40.7 Å². The van der Waals surface area contributed by atoms with Crippen LogP contribution in [-0.4, -0.2) is 137 Å². The lowest BCUT2D eigenvalue weighted by molar-refractivity contribution is -0.167. The highest BCUT2D eigenvalue weighted by Gasteiger charge is 2.37. The second kappa shape index (κ2) is 34.2. The van der Waals surface area contributed by atoms with E-state index in [0.717, 1.165) is 18.4 Å². The molecule has 0 bridgehead atoms. The molecular formula is C50H95N3O12. The number of nitrogens with two attached hydrogens (primary N) is 2. The first-order valence-corrected chi connectivity index (χ1v) is 25.0. The highest BCUT2D eigenvalue weighted by atomic mass is 16.5. The lowest BCUT2D eigenvalue weighted by atomic mass is 9.84. The number of hydrogen-bond acceptors (Lipinski definition) is 13. The van der Waals surface area contributed by atoms with Gasteiger partial charge in [0.1, 0.15) is 6.10 Å². The van der Waals surface area contributed by atoms with Crippen LogP contribution in [0.3, 0.4) is 0 Å². The van der Waals surface area contributed by atoms with Crippen molar-refractivity contribution in [2.24, 2.45) is 40.1 Å². The molecule has 0 saturated heterocycles. The van der Waals surface area contributed by atoms with Gasteiger partial charge in [0, 0.05) is 18.4 Å². The molecule has 382 valence electrons. The van der Waals surface area contributed by atoms with Crippen LogP contribution in [0.15, 0.2) is 28.3 Å². The Kier molecular flexibility index (Phi) is 32.0. The zero-order valence-electron chi connectivity index (χ0n) is 41.0. The van der Waals surface area contributed by atoms with Gasteiger partial charge < -0.3 is 67.3 Å². The quantitative estimate of drug-likeness (QED) is 0.0486. The molecule has 14 N–H and O–H groups in total.